The molecule has 27 heavy (non-hydrogen) atoms. The van der Waals surface area contributed by atoms with Gasteiger partial charge in [0.1, 0.15) is 11.5 Å². The molecule has 140 valence electrons. The Labute approximate surface area is 157 Å². The summed E-state index contributed by atoms with van der Waals surface area (Å²) in [7, 11) is 0. The summed E-state index contributed by atoms with van der Waals surface area (Å²) >= 11 is 0. The van der Waals surface area contributed by atoms with Gasteiger partial charge in [0, 0.05) is 25.8 Å². The molecule has 0 unspecified atom stereocenters. The molecule has 0 aliphatic carbocycles. The van der Waals surface area contributed by atoms with Gasteiger partial charge < -0.3 is 14.6 Å². The molecule has 3 aromatic heterocycles. The van der Waals surface area contributed by atoms with Gasteiger partial charge in [0.15, 0.2) is 0 Å². The third-order valence-electron chi connectivity index (χ3n) is 4.81. The summed E-state index contributed by atoms with van der Waals surface area (Å²) in [6.07, 6.45) is 7.20. The Bertz CT molecular complexity index is 853. The van der Waals surface area contributed by atoms with Crippen molar-refractivity contribution in [2.75, 3.05) is 13.1 Å². The van der Waals surface area contributed by atoms with E-state index in [1.54, 1.807) is 12.5 Å². The molecular formula is C19H22N6O2. The van der Waals surface area contributed by atoms with E-state index in [4.69, 9.17) is 4.42 Å². The lowest BCUT2D eigenvalue weighted by Crippen LogP contribution is -2.44. The first kappa shape index (κ1) is 17.3. The van der Waals surface area contributed by atoms with Crippen LogP contribution in [0.15, 0.2) is 53.4 Å². The highest BCUT2D eigenvalue weighted by Gasteiger charge is 2.23. The van der Waals surface area contributed by atoms with Crippen molar-refractivity contribution in [1.82, 2.24) is 30.2 Å². The maximum absolute atomic E-state index is 12.3. The van der Waals surface area contributed by atoms with Crippen molar-refractivity contribution < 1.29 is 9.21 Å². The van der Waals surface area contributed by atoms with Gasteiger partial charge in [-0.05, 0) is 43.0 Å². The standard InChI is InChI=1S/C19H22N6O2/c26-19(21-12-16-4-3-11-27-16)24-9-6-15(7-10-24)13-25-14-18(22-23-25)17-5-1-2-8-20-17/h1-5,8,11,14-15H,6-7,9-10,12-13H2,(H,21,26). The molecular weight excluding hydrogens is 344 g/mol. The van der Waals surface area contributed by atoms with Crippen molar-refractivity contribution in [3.63, 3.8) is 0 Å². The number of likely N-dealkylation sites (tertiary alicyclic amines) is 1. The molecule has 4 heterocycles. The van der Waals surface area contributed by atoms with Crippen LogP contribution in [-0.4, -0.2) is 44.0 Å². The number of nitrogens with one attached hydrogen (secondary N) is 1. The van der Waals surface area contributed by atoms with Crippen LogP contribution in [0, 0.1) is 5.92 Å². The highest BCUT2D eigenvalue weighted by molar-refractivity contribution is 5.74. The molecule has 1 aliphatic heterocycles. The third-order valence-corrected chi connectivity index (χ3v) is 4.81. The fraction of sp³-hybridized carbons (Fsp3) is 0.368. The van der Waals surface area contributed by atoms with Gasteiger partial charge >= 0.3 is 6.03 Å². The summed E-state index contributed by atoms with van der Waals surface area (Å²) in [4.78, 5) is 18.4. The second-order valence-corrected chi connectivity index (χ2v) is 6.71. The Morgan fingerprint density at radius 2 is 2.07 bits per heavy atom. The van der Waals surface area contributed by atoms with Gasteiger partial charge in [0.05, 0.1) is 24.7 Å². The van der Waals surface area contributed by atoms with E-state index in [1.807, 2.05) is 46.1 Å². The van der Waals surface area contributed by atoms with Gasteiger partial charge in [-0.25, -0.2) is 4.79 Å². The van der Waals surface area contributed by atoms with Gasteiger partial charge in [-0.15, -0.1) is 5.10 Å². The quantitative estimate of drug-likeness (QED) is 0.750. The molecule has 8 heteroatoms. The molecule has 0 radical (unpaired) electrons. The first-order chi connectivity index (χ1) is 13.3. The number of furan rings is 1. The van der Waals surface area contributed by atoms with Crippen LogP contribution in [0.5, 0.6) is 0 Å². The highest BCUT2D eigenvalue weighted by Crippen LogP contribution is 2.20. The maximum Gasteiger partial charge on any atom is 0.317 e. The number of piperidine rings is 1. The number of carbonyl (C=O) groups excluding carboxylic acids is 1. The van der Waals surface area contributed by atoms with Crippen LogP contribution >= 0.6 is 0 Å². The van der Waals surface area contributed by atoms with Crippen molar-refractivity contribution in [1.29, 1.82) is 0 Å². The number of rotatable bonds is 5. The number of pyridine rings is 1. The normalized spacial score (nSPS) is 15.0. The van der Waals surface area contributed by atoms with Crippen molar-refractivity contribution in [2.45, 2.75) is 25.9 Å². The maximum atomic E-state index is 12.3. The number of nitrogens with zero attached hydrogens (tertiary/aromatic N) is 5. The lowest BCUT2D eigenvalue weighted by molar-refractivity contribution is 0.163. The van der Waals surface area contributed by atoms with Crippen LogP contribution < -0.4 is 5.32 Å². The van der Waals surface area contributed by atoms with Crippen molar-refractivity contribution in [3.05, 3.63) is 54.7 Å². The monoisotopic (exact) mass is 366 g/mol. The second kappa shape index (κ2) is 8.03. The third kappa shape index (κ3) is 4.33. The number of amides is 2. The molecule has 1 saturated heterocycles. The van der Waals surface area contributed by atoms with E-state index in [1.165, 1.54) is 0 Å². The van der Waals surface area contributed by atoms with Gasteiger partial charge in [0.25, 0.3) is 0 Å². The molecule has 0 saturated carbocycles. The van der Waals surface area contributed by atoms with Gasteiger partial charge in [-0.1, -0.05) is 11.3 Å². The van der Waals surface area contributed by atoms with E-state index >= 15 is 0 Å². The Kier molecular flexibility index (Phi) is 5.13. The molecule has 1 fully saturated rings. The zero-order chi connectivity index (χ0) is 18.5. The number of hydrogen-bond acceptors (Lipinski definition) is 5. The van der Waals surface area contributed by atoms with Crippen LogP contribution in [0.4, 0.5) is 4.79 Å². The molecule has 0 aromatic carbocycles. The van der Waals surface area contributed by atoms with E-state index in [-0.39, 0.29) is 6.03 Å². The summed E-state index contributed by atoms with van der Waals surface area (Å²) in [6.45, 7) is 2.72. The minimum absolute atomic E-state index is 0.0388. The largest absolute Gasteiger partial charge is 0.467 e. The molecule has 3 aromatic rings. The Morgan fingerprint density at radius 3 is 2.81 bits per heavy atom. The molecule has 1 N–H and O–H groups in total. The number of carbonyl (C=O) groups is 1. The second-order valence-electron chi connectivity index (χ2n) is 6.71. The van der Waals surface area contributed by atoms with Crippen LogP contribution in [0.2, 0.25) is 0 Å². The summed E-state index contributed by atoms with van der Waals surface area (Å²) in [5.74, 6) is 1.24. The Morgan fingerprint density at radius 1 is 1.19 bits per heavy atom. The van der Waals surface area contributed by atoms with Crippen molar-refractivity contribution >= 4 is 6.03 Å². The topological polar surface area (TPSA) is 89.1 Å². The lowest BCUT2D eigenvalue weighted by Gasteiger charge is -2.31. The molecule has 0 atom stereocenters. The van der Waals surface area contributed by atoms with E-state index in [0.29, 0.717) is 12.5 Å². The minimum atomic E-state index is -0.0388. The van der Waals surface area contributed by atoms with E-state index in [2.05, 4.69) is 20.6 Å². The van der Waals surface area contributed by atoms with Gasteiger partial charge in [-0.3, -0.25) is 9.67 Å². The average Bonchev–Trinajstić information content (AvgIpc) is 3.39. The molecule has 0 spiro atoms. The number of aromatic nitrogens is 4. The summed E-state index contributed by atoms with van der Waals surface area (Å²) < 4.78 is 7.11. The first-order valence-corrected chi connectivity index (χ1v) is 9.14. The fourth-order valence-corrected chi connectivity index (χ4v) is 3.29. The first-order valence-electron chi connectivity index (χ1n) is 9.14. The molecule has 4 rings (SSSR count). The SMILES string of the molecule is O=C(NCc1ccco1)N1CCC(Cn2cc(-c3ccccn3)nn2)CC1. The van der Waals surface area contributed by atoms with Crippen molar-refractivity contribution in [3.8, 4) is 11.4 Å². The minimum Gasteiger partial charge on any atom is -0.467 e. The zero-order valence-corrected chi connectivity index (χ0v) is 15.0. The predicted octanol–water partition coefficient (Wildman–Crippen LogP) is 2.55. The van der Waals surface area contributed by atoms with Crippen LogP contribution in [0.3, 0.4) is 0 Å². The molecule has 1 aliphatic rings. The van der Waals surface area contributed by atoms with Crippen LogP contribution in [-0.2, 0) is 13.1 Å². The van der Waals surface area contributed by atoms with Crippen LogP contribution in [0.1, 0.15) is 18.6 Å². The summed E-state index contributed by atoms with van der Waals surface area (Å²) in [5.41, 5.74) is 1.61. The summed E-state index contributed by atoms with van der Waals surface area (Å²) in [5, 5.41) is 11.3. The molecule has 8 nitrogen and oxygen atoms in total. The van der Waals surface area contributed by atoms with Crippen molar-refractivity contribution in [2.24, 2.45) is 5.92 Å². The van der Waals surface area contributed by atoms with E-state index in [0.717, 1.165) is 49.6 Å². The Hall–Kier alpha value is -3.16. The van der Waals surface area contributed by atoms with Gasteiger partial charge in [0.2, 0.25) is 0 Å². The zero-order valence-electron chi connectivity index (χ0n) is 15.0. The fourth-order valence-electron chi connectivity index (χ4n) is 3.29. The van der Waals surface area contributed by atoms with Crippen LogP contribution in [0.25, 0.3) is 11.4 Å². The van der Waals surface area contributed by atoms with E-state index < -0.39 is 0 Å². The molecule has 0 bridgehead atoms. The average molecular weight is 366 g/mol. The summed E-state index contributed by atoms with van der Waals surface area (Å²) in [6, 6.07) is 9.37. The van der Waals surface area contributed by atoms with Gasteiger partial charge in [-0.2, -0.15) is 0 Å². The Balaban J connectivity index is 1.25. The predicted molar refractivity (Wildman–Crippen MR) is 98.5 cm³/mol. The smallest absolute Gasteiger partial charge is 0.317 e. The van der Waals surface area contributed by atoms with E-state index in [9.17, 15) is 4.79 Å². The lowest BCUT2D eigenvalue weighted by atomic mass is 9.97. The number of urea groups is 1. The highest BCUT2D eigenvalue weighted by atomic mass is 16.3. The number of hydrogen-bond donors (Lipinski definition) is 1. The molecule has 2 amide bonds.